The lowest BCUT2D eigenvalue weighted by molar-refractivity contribution is -0.0822. The topological polar surface area (TPSA) is 27.7 Å². The molecule has 0 amide bonds. The molecule has 0 bridgehead atoms. The van der Waals surface area contributed by atoms with Crippen molar-refractivity contribution in [3.8, 4) is 5.75 Å². The van der Waals surface area contributed by atoms with Gasteiger partial charge in [-0.1, -0.05) is 53.5 Å². The molecule has 1 saturated heterocycles. The van der Waals surface area contributed by atoms with Crippen LogP contribution in [-0.2, 0) is 9.47 Å². The van der Waals surface area contributed by atoms with Gasteiger partial charge >= 0.3 is 0 Å². The van der Waals surface area contributed by atoms with E-state index in [0.29, 0.717) is 22.4 Å². The molecule has 3 nitrogen and oxygen atoms in total. The molecule has 0 N–H and O–H groups in total. The van der Waals surface area contributed by atoms with E-state index < -0.39 is 6.29 Å². The summed E-state index contributed by atoms with van der Waals surface area (Å²) < 4.78 is 17.0. The van der Waals surface area contributed by atoms with E-state index in [2.05, 4.69) is 0 Å². The molecular formula is C16H14Cl2O3. The molecular weight excluding hydrogens is 311 g/mol. The van der Waals surface area contributed by atoms with Crippen molar-refractivity contribution in [2.24, 2.45) is 0 Å². The Morgan fingerprint density at radius 1 is 1.10 bits per heavy atom. The Kier molecular flexibility index (Phi) is 4.66. The quantitative estimate of drug-likeness (QED) is 0.829. The van der Waals surface area contributed by atoms with Crippen molar-refractivity contribution in [2.75, 3.05) is 13.2 Å². The summed E-state index contributed by atoms with van der Waals surface area (Å²) in [5.74, 6) is 0.566. The number of ether oxygens (including phenoxy) is 3. The van der Waals surface area contributed by atoms with Gasteiger partial charge in [0.1, 0.15) is 18.5 Å². The van der Waals surface area contributed by atoms with Gasteiger partial charge in [0, 0.05) is 5.02 Å². The average Bonchev–Trinajstić information content (AvgIpc) is 2.96. The van der Waals surface area contributed by atoms with Crippen molar-refractivity contribution in [3.63, 3.8) is 0 Å². The molecule has 5 heteroatoms. The minimum Gasteiger partial charge on any atom is -0.487 e. The van der Waals surface area contributed by atoms with Crippen LogP contribution in [0.5, 0.6) is 5.75 Å². The van der Waals surface area contributed by atoms with Gasteiger partial charge < -0.3 is 14.2 Å². The average molecular weight is 325 g/mol. The zero-order chi connectivity index (χ0) is 14.7. The number of benzene rings is 2. The minimum absolute atomic E-state index is 0.0551. The second-order valence-corrected chi connectivity index (χ2v) is 5.53. The largest absolute Gasteiger partial charge is 0.487 e. The Morgan fingerprint density at radius 2 is 1.90 bits per heavy atom. The van der Waals surface area contributed by atoms with Crippen molar-refractivity contribution in [3.05, 3.63) is 64.1 Å². The second kappa shape index (κ2) is 6.67. The molecule has 0 spiro atoms. The highest BCUT2D eigenvalue weighted by atomic mass is 35.5. The summed E-state index contributed by atoms with van der Waals surface area (Å²) in [5.41, 5.74) is 1.10. The minimum atomic E-state index is -0.401. The van der Waals surface area contributed by atoms with E-state index >= 15 is 0 Å². The summed E-state index contributed by atoms with van der Waals surface area (Å²) in [6, 6.07) is 15.1. The predicted molar refractivity (Wildman–Crippen MR) is 82.0 cm³/mol. The fourth-order valence-electron chi connectivity index (χ4n) is 2.14. The van der Waals surface area contributed by atoms with E-state index in [4.69, 9.17) is 37.4 Å². The molecule has 1 aliphatic heterocycles. The maximum atomic E-state index is 6.05. The van der Waals surface area contributed by atoms with Crippen LogP contribution in [0, 0.1) is 0 Å². The Morgan fingerprint density at radius 3 is 2.67 bits per heavy atom. The Hall–Kier alpha value is -1.26. The fourth-order valence-corrected chi connectivity index (χ4v) is 2.60. The van der Waals surface area contributed by atoms with E-state index in [-0.39, 0.29) is 12.7 Å². The lowest BCUT2D eigenvalue weighted by Crippen LogP contribution is -2.18. The molecule has 1 aliphatic rings. The van der Waals surface area contributed by atoms with Gasteiger partial charge in [0.15, 0.2) is 6.29 Å². The van der Waals surface area contributed by atoms with Gasteiger partial charge in [0.2, 0.25) is 0 Å². The standard InChI is InChI=1S/C16H14Cl2O3/c17-12-6-7-14(13(18)8-12)19-10-16-20-9-15(21-16)11-4-2-1-3-5-11/h1-8,15-16H,9-10H2/t15-,16+/m0/s1. The SMILES string of the molecule is Clc1ccc(OC[C@@H]2OC[C@@H](c3ccccc3)O2)c(Cl)c1. The summed E-state index contributed by atoms with van der Waals surface area (Å²) in [5, 5.41) is 1.05. The third kappa shape index (κ3) is 3.69. The Labute approximate surface area is 133 Å². The first-order valence-corrected chi connectivity index (χ1v) is 7.38. The molecule has 2 aromatic carbocycles. The zero-order valence-corrected chi connectivity index (χ0v) is 12.7. The van der Waals surface area contributed by atoms with Crippen molar-refractivity contribution < 1.29 is 14.2 Å². The molecule has 0 aliphatic carbocycles. The van der Waals surface area contributed by atoms with E-state index in [1.807, 2.05) is 30.3 Å². The lowest BCUT2D eigenvalue weighted by atomic mass is 10.1. The molecule has 0 radical (unpaired) electrons. The Bertz CT molecular complexity index is 604. The number of hydrogen-bond donors (Lipinski definition) is 0. The van der Waals surface area contributed by atoms with Gasteiger partial charge in [-0.3, -0.25) is 0 Å². The lowest BCUT2D eigenvalue weighted by Gasteiger charge is -2.13. The predicted octanol–water partition coefficient (Wildman–Crippen LogP) is 4.49. The van der Waals surface area contributed by atoms with Crippen LogP contribution in [-0.4, -0.2) is 19.5 Å². The molecule has 3 rings (SSSR count). The van der Waals surface area contributed by atoms with Gasteiger partial charge in [-0.05, 0) is 23.8 Å². The molecule has 110 valence electrons. The van der Waals surface area contributed by atoms with Gasteiger partial charge in [0.05, 0.1) is 11.6 Å². The van der Waals surface area contributed by atoms with Crippen LogP contribution >= 0.6 is 23.2 Å². The Balaban J connectivity index is 1.55. The van der Waals surface area contributed by atoms with Crippen molar-refractivity contribution in [1.82, 2.24) is 0 Å². The molecule has 1 fully saturated rings. The van der Waals surface area contributed by atoms with Crippen molar-refractivity contribution >= 4 is 23.2 Å². The molecule has 0 saturated carbocycles. The summed E-state index contributed by atoms with van der Waals surface area (Å²) >= 11 is 11.9. The van der Waals surface area contributed by atoms with E-state index in [9.17, 15) is 0 Å². The van der Waals surface area contributed by atoms with E-state index in [0.717, 1.165) is 5.56 Å². The first kappa shape index (κ1) is 14.7. The highest BCUT2D eigenvalue weighted by Gasteiger charge is 2.27. The van der Waals surface area contributed by atoms with Crippen molar-refractivity contribution in [2.45, 2.75) is 12.4 Å². The summed E-state index contributed by atoms with van der Waals surface area (Å²) in [6.45, 7) is 0.803. The van der Waals surface area contributed by atoms with Crippen LogP contribution in [0.15, 0.2) is 48.5 Å². The van der Waals surface area contributed by atoms with Crippen LogP contribution in [0.2, 0.25) is 10.0 Å². The fraction of sp³-hybridized carbons (Fsp3) is 0.250. The van der Waals surface area contributed by atoms with Crippen LogP contribution in [0.4, 0.5) is 0 Å². The summed E-state index contributed by atoms with van der Waals surface area (Å²) in [6.07, 6.45) is -0.456. The zero-order valence-electron chi connectivity index (χ0n) is 11.2. The van der Waals surface area contributed by atoms with E-state index in [1.165, 1.54) is 0 Å². The summed E-state index contributed by atoms with van der Waals surface area (Å²) in [7, 11) is 0. The normalized spacial score (nSPS) is 21.4. The third-order valence-corrected chi connectivity index (χ3v) is 3.72. The third-order valence-electron chi connectivity index (χ3n) is 3.19. The first-order valence-electron chi connectivity index (χ1n) is 6.62. The van der Waals surface area contributed by atoms with E-state index in [1.54, 1.807) is 18.2 Å². The van der Waals surface area contributed by atoms with Crippen LogP contribution in [0.3, 0.4) is 0 Å². The number of hydrogen-bond acceptors (Lipinski definition) is 3. The first-order chi connectivity index (χ1) is 10.2. The monoisotopic (exact) mass is 324 g/mol. The smallest absolute Gasteiger partial charge is 0.192 e. The van der Waals surface area contributed by atoms with Crippen LogP contribution in [0.25, 0.3) is 0 Å². The van der Waals surface area contributed by atoms with Crippen LogP contribution < -0.4 is 4.74 Å². The molecule has 0 aromatic heterocycles. The van der Waals surface area contributed by atoms with Crippen LogP contribution in [0.1, 0.15) is 11.7 Å². The maximum Gasteiger partial charge on any atom is 0.192 e. The molecule has 1 heterocycles. The van der Waals surface area contributed by atoms with Gasteiger partial charge in [-0.15, -0.1) is 0 Å². The van der Waals surface area contributed by atoms with Gasteiger partial charge in [-0.2, -0.15) is 0 Å². The molecule has 0 unspecified atom stereocenters. The van der Waals surface area contributed by atoms with Gasteiger partial charge in [0.25, 0.3) is 0 Å². The maximum absolute atomic E-state index is 6.05. The number of halogens is 2. The number of rotatable bonds is 4. The highest BCUT2D eigenvalue weighted by Crippen LogP contribution is 2.30. The second-order valence-electron chi connectivity index (χ2n) is 4.68. The van der Waals surface area contributed by atoms with Gasteiger partial charge in [-0.25, -0.2) is 0 Å². The highest BCUT2D eigenvalue weighted by molar-refractivity contribution is 6.35. The molecule has 2 aromatic rings. The molecule has 21 heavy (non-hydrogen) atoms. The van der Waals surface area contributed by atoms with Crippen molar-refractivity contribution in [1.29, 1.82) is 0 Å². The molecule has 2 atom stereocenters. The summed E-state index contributed by atoms with van der Waals surface area (Å²) in [4.78, 5) is 0.